The van der Waals surface area contributed by atoms with E-state index in [1.54, 1.807) is 7.05 Å². The number of carboxylic acid groups (broad SMARTS) is 1. The molecule has 6 nitrogen and oxygen atoms in total. The summed E-state index contributed by atoms with van der Waals surface area (Å²) in [5.74, 6) is -1.88. The summed E-state index contributed by atoms with van der Waals surface area (Å²) < 4.78 is 13.6. The summed E-state index contributed by atoms with van der Waals surface area (Å²) in [6, 6.07) is 2.70. The van der Waals surface area contributed by atoms with Crippen molar-refractivity contribution in [3.05, 3.63) is 29.6 Å². The minimum atomic E-state index is -1.19. The number of rotatable bonds is 7. The van der Waals surface area contributed by atoms with Crippen LogP contribution in [-0.2, 0) is 0 Å². The van der Waals surface area contributed by atoms with Crippen LogP contribution in [0.5, 0.6) is 0 Å². The minimum Gasteiger partial charge on any atom is -0.478 e. The lowest BCUT2D eigenvalue weighted by Gasteiger charge is -2.18. The van der Waals surface area contributed by atoms with Gasteiger partial charge in [0.2, 0.25) is 0 Å². The normalized spacial score (nSPS) is 10.2. The lowest BCUT2D eigenvalue weighted by Crippen LogP contribution is -2.32. The van der Waals surface area contributed by atoms with Crippen LogP contribution in [-0.4, -0.2) is 47.3 Å². The van der Waals surface area contributed by atoms with Gasteiger partial charge < -0.3 is 20.4 Å². The molecule has 116 valence electrons. The first-order chi connectivity index (χ1) is 9.95. The molecule has 2 amide bonds. The summed E-state index contributed by atoms with van der Waals surface area (Å²) in [6.07, 6.45) is 2.18. The predicted octanol–water partition coefficient (Wildman–Crippen LogP) is 2.15. The largest absolute Gasteiger partial charge is 0.478 e. The number of carbonyl (C=O) groups is 2. The maximum absolute atomic E-state index is 13.6. The highest BCUT2D eigenvalue weighted by atomic mass is 19.1. The Balaban J connectivity index is 2.61. The summed E-state index contributed by atoms with van der Waals surface area (Å²) >= 11 is 0. The number of nitrogens with one attached hydrogen (secondary N) is 1. The molecule has 0 spiro atoms. The second-order valence-corrected chi connectivity index (χ2v) is 4.64. The van der Waals surface area contributed by atoms with E-state index in [0.717, 1.165) is 31.0 Å². The second-order valence-electron chi connectivity index (χ2n) is 4.64. The zero-order valence-electron chi connectivity index (χ0n) is 11.8. The summed E-state index contributed by atoms with van der Waals surface area (Å²) in [7, 11) is 1.56. The van der Waals surface area contributed by atoms with Crippen LogP contribution in [0.15, 0.2) is 18.2 Å². The van der Waals surface area contributed by atoms with Crippen molar-refractivity contribution in [3.8, 4) is 0 Å². The number of hydrogen-bond acceptors (Lipinski definition) is 3. The molecule has 3 N–H and O–H groups in total. The standard InChI is InChI=1S/C14H19FN2O4/c1-17(7-3-2-4-8-18)14(21)16-12-9-10(13(19)20)5-6-11(12)15/h5-6,9,18H,2-4,7-8H2,1H3,(H,16,21)(H,19,20). The molecule has 0 fully saturated rings. The second kappa shape index (κ2) is 8.21. The van der Waals surface area contributed by atoms with Gasteiger partial charge in [-0.1, -0.05) is 0 Å². The Morgan fingerprint density at radius 1 is 1.29 bits per heavy atom. The molecule has 0 unspecified atom stereocenters. The number of anilines is 1. The molecule has 0 aliphatic heterocycles. The molecule has 0 saturated carbocycles. The number of halogens is 1. The van der Waals surface area contributed by atoms with E-state index in [0.29, 0.717) is 13.0 Å². The Hall–Kier alpha value is -2.15. The zero-order chi connectivity index (χ0) is 15.8. The van der Waals surface area contributed by atoms with Crippen molar-refractivity contribution in [2.24, 2.45) is 0 Å². The van der Waals surface area contributed by atoms with Gasteiger partial charge >= 0.3 is 12.0 Å². The van der Waals surface area contributed by atoms with Crippen LogP contribution in [0.1, 0.15) is 29.6 Å². The molecule has 1 aromatic rings. The van der Waals surface area contributed by atoms with Crippen LogP contribution in [0.2, 0.25) is 0 Å². The maximum Gasteiger partial charge on any atom is 0.335 e. The molecule has 1 aromatic carbocycles. The number of aromatic carboxylic acids is 1. The minimum absolute atomic E-state index is 0.0997. The summed E-state index contributed by atoms with van der Waals surface area (Å²) in [5.41, 5.74) is -0.264. The number of unbranched alkanes of at least 4 members (excludes halogenated alkanes) is 2. The average molecular weight is 298 g/mol. The Morgan fingerprint density at radius 2 is 2.00 bits per heavy atom. The van der Waals surface area contributed by atoms with Crippen molar-refractivity contribution in [1.29, 1.82) is 0 Å². The number of carboxylic acids is 1. The third-order valence-corrected chi connectivity index (χ3v) is 2.95. The number of urea groups is 1. The number of aliphatic hydroxyl groups excluding tert-OH is 1. The highest BCUT2D eigenvalue weighted by Crippen LogP contribution is 2.16. The van der Waals surface area contributed by atoms with Crippen molar-refractivity contribution >= 4 is 17.7 Å². The van der Waals surface area contributed by atoms with E-state index < -0.39 is 17.8 Å². The molecular formula is C14H19FN2O4. The van der Waals surface area contributed by atoms with Gasteiger partial charge in [-0.2, -0.15) is 0 Å². The molecule has 0 heterocycles. The highest BCUT2D eigenvalue weighted by molar-refractivity contribution is 5.93. The third kappa shape index (κ3) is 5.39. The van der Waals surface area contributed by atoms with E-state index in [1.165, 1.54) is 4.90 Å². The van der Waals surface area contributed by atoms with Gasteiger partial charge in [0.05, 0.1) is 11.3 Å². The fourth-order valence-electron chi connectivity index (χ4n) is 1.70. The van der Waals surface area contributed by atoms with Crippen molar-refractivity contribution in [3.63, 3.8) is 0 Å². The number of aliphatic hydroxyl groups is 1. The molecule has 0 saturated heterocycles. The van der Waals surface area contributed by atoms with Gasteiger partial charge in [-0.25, -0.2) is 14.0 Å². The van der Waals surface area contributed by atoms with E-state index in [-0.39, 0.29) is 17.9 Å². The number of benzene rings is 1. The van der Waals surface area contributed by atoms with Gasteiger partial charge in [-0.15, -0.1) is 0 Å². The fourth-order valence-corrected chi connectivity index (χ4v) is 1.70. The van der Waals surface area contributed by atoms with Crippen LogP contribution in [0.4, 0.5) is 14.9 Å². The number of carbonyl (C=O) groups excluding carboxylic acids is 1. The monoisotopic (exact) mass is 298 g/mol. The Morgan fingerprint density at radius 3 is 2.62 bits per heavy atom. The van der Waals surface area contributed by atoms with Gasteiger partial charge in [-0.05, 0) is 37.5 Å². The first kappa shape index (κ1) is 16.9. The van der Waals surface area contributed by atoms with E-state index in [2.05, 4.69) is 5.32 Å². The highest BCUT2D eigenvalue weighted by Gasteiger charge is 2.13. The first-order valence-electron chi connectivity index (χ1n) is 6.61. The molecule has 7 heteroatoms. The zero-order valence-corrected chi connectivity index (χ0v) is 11.8. The first-order valence-corrected chi connectivity index (χ1v) is 6.61. The maximum atomic E-state index is 13.6. The molecule has 0 radical (unpaired) electrons. The van der Waals surface area contributed by atoms with Gasteiger partial charge in [0.25, 0.3) is 0 Å². The fraction of sp³-hybridized carbons (Fsp3) is 0.429. The van der Waals surface area contributed by atoms with E-state index in [9.17, 15) is 14.0 Å². The molecule has 0 bridgehead atoms. The molecular weight excluding hydrogens is 279 g/mol. The molecule has 1 rings (SSSR count). The molecule has 0 atom stereocenters. The van der Waals surface area contributed by atoms with Crippen LogP contribution in [0.25, 0.3) is 0 Å². The smallest absolute Gasteiger partial charge is 0.335 e. The van der Waals surface area contributed by atoms with Gasteiger partial charge in [-0.3, -0.25) is 0 Å². The summed E-state index contributed by atoms with van der Waals surface area (Å²) in [5, 5.41) is 19.8. The van der Waals surface area contributed by atoms with Crippen LogP contribution in [0, 0.1) is 5.82 Å². The Bertz CT molecular complexity index is 508. The van der Waals surface area contributed by atoms with Crippen molar-refractivity contribution in [1.82, 2.24) is 4.90 Å². The topological polar surface area (TPSA) is 89.9 Å². The van der Waals surface area contributed by atoms with E-state index >= 15 is 0 Å². The molecule has 21 heavy (non-hydrogen) atoms. The summed E-state index contributed by atoms with van der Waals surface area (Å²) in [6.45, 7) is 0.579. The Labute approximate surface area is 122 Å². The lowest BCUT2D eigenvalue weighted by atomic mass is 10.2. The van der Waals surface area contributed by atoms with E-state index in [1.807, 2.05) is 0 Å². The lowest BCUT2D eigenvalue weighted by molar-refractivity contribution is 0.0697. The van der Waals surface area contributed by atoms with Crippen molar-refractivity contribution < 1.29 is 24.2 Å². The van der Waals surface area contributed by atoms with E-state index in [4.69, 9.17) is 10.2 Å². The van der Waals surface area contributed by atoms with Crippen molar-refractivity contribution in [2.45, 2.75) is 19.3 Å². The average Bonchev–Trinajstić information content (AvgIpc) is 2.45. The third-order valence-electron chi connectivity index (χ3n) is 2.95. The predicted molar refractivity (Wildman–Crippen MR) is 75.9 cm³/mol. The molecule has 0 aliphatic carbocycles. The number of nitrogens with zero attached hydrogens (tertiary/aromatic N) is 1. The number of hydrogen-bond donors (Lipinski definition) is 3. The van der Waals surface area contributed by atoms with Crippen LogP contribution < -0.4 is 5.32 Å². The number of amides is 2. The molecule has 0 aromatic heterocycles. The van der Waals surface area contributed by atoms with Crippen LogP contribution >= 0.6 is 0 Å². The van der Waals surface area contributed by atoms with Gasteiger partial charge in [0, 0.05) is 20.2 Å². The van der Waals surface area contributed by atoms with Crippen molar-refractivity contribution in [2.75, 3.05) is 25.5 Å². The van der Waals surface area contributed by atoms with Crippen LogP contribution in [0.3, 0.4) is 0 Å². The van der Waals surface area contributed by atoms with Gasteiger partial charge in [0.15, 0.2) is 0 Å². The van der Waals surface area contributed by atoms with Gasteiger partial charge in [0.1, 0.15) is 5.82 Å². The summed E-state index contributed by atoms with van der Waals surface area (Å²) in [4.78, 5) is 24.1. The molecule has 0 aliphatic rings. The Kier molecular flexibility index (Phi) is 6.61. The SMILES string of the molecule is CN(CCCCCO)C(=O)Nc1cc(C(=O)O)ccc1F. The quantitative estimate of drug-likeness (QED) is 0.673.